The van der Waals surface area contributed by atoms with Crippen molar-refractivity contribution in [2.24, 2.45) is 5.41 Å². The second-order valence-electron chi connectivity index (χ2n) is 7.24. The molecule has 1 fully saturated rings. The maximum atomic E-state index is 12.9. The van der Waals surface area contributed by atoms with Crippen molar-refractivity contribution < 1.29 is 9.72 Å². The van der Waals surface area contributed by atoms with E-state index < -0.39 is 0 Å². The minimum absolute atomic E-state index is 0.122. The van der Waals surface area contributed by atoms with Crippen LogP contribution in [0.5, 0.6) is 0 Å². The SMILES string of the molecule is CC1(C(=O)c2ccc3c(c2)Cc2cc([N+](=O)[O-])ccc2-3)CCCC1. The molecule has 1 saturated carbocycles. The average Bonchev–Trinajstić information content (AvgIpc) is 3.17. The number of rotatable bonds is 3. The molecule has 0 heterocycles. The van der Waals surface area contributed by atoms with Crippen molar-refractivity contribution in [3.8, 4) is 11.1 Å². The molecule has 0 radical (unpaired) electrons. The van der Waals surface area contributed by atoms with Gasteiger partial charge in [-0.25, -0.2) is 0 Å². The molecule has 4 nitrogen and oxygen atoms in total. The third-order valence-corrected chi connectivity index (χ3v) is 5.59. The lowest BCUT2D eigenvalue weighted by molar-refractivity contribution is -0.384. The predicted molar refractivity (Wildman–Crippen MR) is 92.2 cm³/mol. The van der Waals surface area contributed by atoms with Crippen LogP contribution in [0.4, 0.5) is 5.69 Å². The molecular formula is C20H19NO3. The molecule has 4 rings (SSSR count). The van der Waals surface area contributed by atoms with Gasteiger partial charge in [0, 0.05) is 23.1 Å². The molecule has 0 aliphatic heterocycles. The van der Waals surface area contributed by atoms with E-state index in [4.69, 9.17) is 0 Å². The lowest BCUT2D eigenvalue weighted by Gasteiger charge is -2.22. The van der Waals surface area contributed by atoms with Gasteiger partial charge in [-0.3, -0.25) is 14.9 Å². The molecule has 2 aliphatic carbocycles. The molecule has 0 N–H and O–H groups in total. The number of Topliss-reactive ketones (excluding diaryl/α,β-unsaturated/α-hetero) is 1. The number of non-ortho nitro benzene ring substituents is 1. The Balaban J connectivity index is 1.69. The molecular weight excluding hydrogens is 302 g/mol. The first-order valence-corrected chi connectivity index (χ1v) is 8.43. The van der Waals surface area contributed by atoms with Crippen molar-refractivity contribution in [2.45, 2.75) is 39.0 Å². The molecule has 0 spiro atoms. The van der Waals surface area contributed by atoms with Gasteiger partial charge in [0.2, 0.25) is 0 Å². The van der Waals surface area contributed by atoms with Crippen LogP contribution in [0.15, 0.2) is 36.4 Å². The van der Waals surface area contributed by atoms with Crippen LogP contribution >= 0.6 is 0 Å². The molecule has 0 amide bonds. The number of nitrogens with zero attached hydrogens (tertiary/aromatic N) is 1. The van der Waals surface area contributed by atoms with Gasteiger partial charge in [0.15, 0.2) is 5.78 Å². The number of hydrogen-bond donors (Lipinski definition) is 0. The molecule has 0 atom stereocenters. The summed E-state index contributed by atoms with van der Waals surface area (Å²) in [4.78, 5) is 23.5. The van der Waals surface area contributed by atoms with Gasteiger partial charge in [0.05, 0.1) is 4.92 Å². The molecule has 2 aromatic carbocycles. The summed E-state index contributed by atoms with van der Waals surface area (Å²) in [6.07, 6.45) is 4.85. The second-order valence-corrected chi connectivity index (χ2v) is 7.24. The summed E-state index contributed by atoms with van der Waals surface area (Å²) < 4.78 is 0. The highest BCUT2D eigenvalue weighted by Crippen LogP contribution is 2.42. The van der Waals surface area contributed by atoms with Gasteiger partial charge >= 0.3 is 0 Å². The zero-order valence-corrected chi connectivity index (χ0v) is 13.7. The number of benzene rings is 2. The molecule has 0 unspecified atom stereocenters. The third kappa shape index (κ3) is 2.25. The lowest BCUT2D eigenvalue weighted by atomic mass is 9.80. The number of ketones is 1. The van der Waals surface area contributed by atoms with Crippen molar-refractivity contribution in [3.05, 3.63) is 63.2 Å². The van der Waals surface area contributed by atoms with E-state index in [2.05, 4.69) is 6.92 Å². The van der Waals surface area contributed by atoms with Crippen LogP contribution in [-0.2, 0) is 6.42 Å². The highest BCUT2D eigenvalue weighted by atomic mass is 16.6. The van der Waals surface area contributed by atoms with Crippen LogP contribution in [0, 0.1) is 15.5 Å². The van der Waals surface area contributed by atoms with Crippen LogP contribution in [0.2, 0.25) is 0 Å². The minimum Gasteiger partial charge on any atom is -0.294 e. The predicted octanol–water partition coefficient (Wildman–Crippen LogP) is 4.93. The fraction of sp³-hybridized carbons (Fsp3) is 0.350. The van der Waals surface area contributed by atoms with Crippen molar-refractivity contribution >= 4 is 11.5 Å². The number of fused-ring (bicyclic) bond motifs is 3. The summed E-state index contributed by atoms with van der Waals surface area (Å²) in [5.74, 6) is 0.240. The fourth-order valence-electron chi connectivity index (χ4n) is 4.18. The number of nitro groups is 1. The van der Waals surface area contributed by atoms with Gasteiger partial charge < -0.3 is 0 Å². The van der Waals surface area contributed by atoms with E-state index in [0.29, 0.717) is 6.42 Å². The zero-order chi connectivity index (χ0) is 16.9. The van der Waals surface area contributed by atoms with Crippen molar-refractivity contribution in [1.29, 1.82) is 0 Å². The van der Waals surface area contributed by atoms with E-state index in [-0.39, 0.29) is 21.8 Å². The van der Waals surface area contributed by atoms with E-state index in [1.54, 1.807) is 12.1 Å². The van der Waals surface area contributed by atoms with E-state index in [1.165, 1.54) is 0 Å². The normalized spacial score (nSPS) is 17.4. The Bertz CT molecular complexity index is 863. The largest absolute Gasteiger partial charge is 0.294 e. The zero-order valence-electron chi connectivity index (χ0n) is 13.7. The van der Waals surface area contributed by atoms with E-state index >= 15 is 0 Å². The van der Waals surface area contributed by atoms with Crippen LogP contribution in [0.25, 0.3) is 11.1 Å². The number of nitro benzene ring substituents is 1. The second kappa shape index (κ2) is 5.26. The highest BCUT2D eigenvalue weighted by molar-refractivity contribution is 6.01. The molecule has 2 aromatic rings. The van der Waals surface area contributed by atoms with Crippen molar-refractivity contribution in [3.63, 3.8) is 0 Å². The van der Waals surface area contributed by atoms with Crippen LogP contribution in [0.3, 0.4) is 0 Å². The summed E-state index contributed by atoms with van der Waals surface area (Å²) in [5.41, 5.74) is 4.87. The first kappa shape index (κ1) is 15.1. The molecule has 24 heavy (non-hydrogen) atoms. The average molecular weight is 321 g/mol. The minimum atomic E-state index is -0.362. The number of carbonyl (C=O) groups excluding carboxylic acids is 1. The molecule has 4 heteroatoms. The Morgan fingerprint density at radius 1 is 1.04 bits per heavy atom. The Morgan fingerprint density at radius 2 is 1.67 bits per heavy atom. The topological polar surface area (TPSA) is 60.2 Å². The van der Waals surface area contributed by atoms with Gasteiger partial charge in [-0.05, 0) is 53.6 Å². The Hall–Kier alpha value is -2.49. The van der Waals surface area contributed by atoms with E-state index in [0.717, 1.165) is 53.5 Å². The molecule has 122 valence electrons. The maximum absolute atomic E-state index is 12.9. The molecule has 0 bridgehead atoms. The Labute approximate surface area is 140 Å². The smallest absolute Gasteiger partial charge is 0.269 e. The lowest BCUT2D eigenvalue weighted by Crippen LogP contribution is -2.24. The number of hydrogen-bond acceptors (Lipinski definition) is 3. The first-order valence-electron chi connectivity index (χ1n) is 8.43. The van der Waals surface area contributed by atoms with E-state index in [1.807, 2.05) is 24.3 Å². The molecule has 0 saturated heterocycles. The summed E-state index contributed by atoms with van der Waals surface area (Å²) >= 11 is 0. The summed E-state index contributed by atoms with van der Waals surface area (Å²) in [7, 11) is 0. The first-order chi connectivity index (χ1) is 11.5. The van der Waals surface area contributed by atoms with Crippen LogP contribution in [0.1, 0.15) is 54.1 Å². The number of carbonyl (C=O) groups is 1. The van der Waals surface area contributed by atoms with Gasteiger partial charge in [0.1, 0.15) is 0 Å². The summed E-state index contributed by atoms with van der Waals surface area (Å²) in [6.45, 7) is 2.08. The van der Waals surface area contributed by atoms with Crippen LogP contribution in [-0.4, -0.2) is 10.7 Å². The molecule has 0 aromatic heterocycles. The standard InChI is InChI=1S/C20H19NO3/c1-20(8-2-3-9-20)19(22)13-4-6-17-14(10-13)11-15-12-16(21(23)24)5-7-18(15)17/h4-7,10,12H,2-3,8-9,11H2,1H3. The third-order valence-electron chi connectivity index (χ3n) is 5.59. The maximum Gasteiger partial charge on any atom is 0.269 e. The van der Waals surface area contributed by atoms with Crippen molar-refractivity contribution in [1.82, 2.24) is 0 Å². The van der Waals surface area contributed by atoms with Gasteiger partial charge in [0.25, 0.3) is 5.69 Å². The van der Waals surface area contributed by atoms with E-state index in [9.17, 15) is 14.9 Å². The fourth-order valence-corrected chi connectivity index (χ4v) is 4.18. The quantitative estimate of drug-likeness (QED) is 0.390. The monoisotopic (exact) mass is 321 g/mol. The van der Waals surface area contributed by atoms with Crippen molar-refractivity contribution in [2.75, 3.05) is 0 Å². The Kier molecular flexibility index (Phi) is 3.30. The van der Waals surface area contributed by atoms with Gasteiger partial charge in [-0.2, -0.15) is 0 Å². The van der Waals surface area contributed by atoms with Gasteiger partial charge in [-0.15, -0.1) is 0 Å². The van der Waals surface area contributed by atoms with Crippen LogP contribution < -0.4 is 0 Å². The van der Waals surface area contributed by atoms with Gasteiger partial charge in [-0.1, -0.05) is 31.9 Å². The Morgan fingerprint density at radius 3 is 2.33 bits per heavy atom. The highest BCUT2D eigenvalue weighted by Gasteiger charge is 2.37. The molecule has 2 aliphatic rings. The summed E-state index contributed by atoms with van der Waals surface area (Å²) in [6, 6.07) is 10.9. The summed E-state index contributed by atoms with van der Waals surface area (Å²) in [5, 5.41) is 11.0.